The monoisotopic (exact) mass is 332 g/mol. The first-order valence-electron chi connectivity index (χ1n) is 6.90. The van der Waals surface area contributed by atoms with Crippen molar-refractivity contribution in [3.05, 3.63) is 28.3 Å². The van der Waals surface area contributed by atoms with E-state index in [1.165, 1.54) is 6.07 Å². The molecule has 3 nitrogen and oxygen atoms in total. The second-order valence-corrected chi connectivity index (χ2v) is 5.95. The van der Waals surface area contributed by atoms with E-state index in [1.54, 1.807) is 17.9 Å². The molecule has 3 atom stereocenters. The van der Waals surface area contributed by atoms with Crippen LogP contribution in [0.15, 0.2) is 12.1 Å². The number of aliphatic hydroxyl groups excluding tert-OH is 1. The van der Waals surface area contributed by atoms with Crippen LogP contribution in [0.2, 0.25) is 5.02 Å². The van der Waals surface area contributed by atoms with Gasteiger partial charge in [-0.2, -0.15) is 18.4 Å². The van der Waals surface area contributed by atoms with Crippen molar-refractivity contribution in [2.24, 2.45) is 0 Å². The molecule has 0 spiro atoms. The maximum absolute atomic E-state index is 12.9. The molecule has 1 heterocycles. The molecule has 0 amide bonds. The van der Waals surface area contributed by atoms with Gasteiger partial charge >= 0.3 is 6.18 Å². The summed E-state index contributed by atoms with van der Waals surface area (Å²) in [4.78, 5) is 1.57. The number of hydrogen-bond donors (Lipinski definition) is 1. The number of hydrogen-bond acceptors (Lipinski definition) is 3. The summed E-state index contributed by atoms with van der Waals surface area (Å²) in [6.07, 6.45) is -6.28. The number of nitriles is 1. The fourth-order valence-corrected chi connectivity index (χ4v) is 3.20. The minimum Gasteiger partial charge on any atom is -0.382 e. The Kier molecular flexibility index (Phi) is 4.59. The second-order valence-electron chi connectivity index (χ2n) is 5.57. The second kappa shape index (κ2) is 5.98. The van der Waals surface area contributed by atoms with Gasteiger partial charge in [0, 0.05) is 11.7 Å². The Morgan fingerprint density at radius 3 is 2.59 bits per heavy atom. The van der Waals surface area contributed by atoms with Crippen LogP contribution in [-0.2, 0) is 0 Å². The molecule has 1 aromatic rings. The molecule has 0 aromatic heterocycles. The molecule has 1 aliphatic rings. The van der Waals surface area contributed by atoms with Crippen molar-refractivity contribution in [1.29, 1.82) is 5.26 Å². The molecule has 0 aliphatic carbocycles. The Labute approximate surface area is 131 Å². The molecule has 2 rings (SSSR count). The third-order valence-electron chi connectivity index (χ3n) is 4.17. The molecule has 1 saturated heterocycles. The summed E-state index contributed by atoms with van der Waals surface area (Å²) in [6, 6.07) is 3.84. The highest BCUT2D eigenvalue weighted by molar-refractivity contribution is 6.32. The van der Waals surface area contributed by atoms with E-state index in [0.29, 0.717) is 17.7 Å². The Morgan fingerprint density at radius 1 is 1.41 bits per heavy atom. The zero-order chi connectivity index (χ0) is 16.7. The number of nitrogens with zero attached hydrogens (tertiary/aromatic N) is 2. The van der Waals surface area contributed by atoms with Crippen molar-refractivity contribution in [1.82, 2.24) is 0 Å². The Hall–Kier alpha value is -1.45. The summed E-state index contributed by atoms with van der Waals surface area (Å²) in [5, 5.41) is 18.8. The van der Waals surface area contributed by atoms with Gasteiger partial charge in [0.15, 0.2) is 6.10 Å². The van der Waals surface area contributed by atoms with E-state index in [2.05, 4.69) is 0 Å². The SMILES string of the molecule is Cc1c(N2C(C)CCC2C(O)C(F)(F)F)ccc(C#N)c1Cl. The molecule has 22 heavy (non-hydrogen) atoms. The van der Waals surface area contributed by atoms with Gasteiger partial charge in [-0.25, -0.2) is 0 Å². The fourth-order valence-electron chi connectivity index (χ4n) is 3.00. The lowest BCUT2D eigenvalue weighted by molar-refractivity contribution is -0.209. The van der Waals surface area contributed by atoms with E-state index in [4.69, 9.17) is 16.9 Å². The van der Waals surface area contributed by atoms with Gasteiger partial charge in [-0.1, -0.05) is 11.6 Å². The van der Waals surface area contributed by atoms with Crippen LogP contribution >= 0.6 is 11.6 Å². The summed E-state index contributed by atoms with van der Waals surface area (Å²) in [6.45, 7) is 3.48. The predicted molar refractivity (Wildman–Crippen MR) is 77.9 cm³/mol. The topological polar surface area (TPSA) is 47.3 Å². The first kappa shape index (κ1) is 16.9. The van der Waals surface area contributed by atoms with E-state index >= 15 is 0 Å². The summed E-state index contributed by atoms with van der Waals surface area (Å²) in [5.74, 6) is 0. The normalized spacial score (nSPS) is 23.5. The lowest BCUT2D eigenvalue weighted by Crippen LogP contribution is -2.49. The summed E-state index contributed by atoms with van der Waals surface area (Å²) < 4.78 is 38.6. The lowest BCUT2D eigenvalue weighted by atomic mass is 10.0. The zero-order valence-corrected chi connectivity index (χ0v) is 12.9. The smallest absolute Gasteiger partial charge is 0.382 e. The van der Waals surface area contributed by atoms with Gasteiger partial charge in [0.25, 0.3) is 0 Å². The summed E-state index contributed by atoms with van der Waals surface area (Å²) >= 11 is 6.11. The van der Waals surface area contributed by atoms with Crippen molar-refractivity contribution in [2.75, 3.05) is 4.90 Å². The average Bonchev–Trinajstić information content (AvgIpc) is 2.81. The van der Waals surface area contributed by atoms with E-state index in [9.17, 15) is 18.3 Å². The molecule has 1 aliphatic heterocycles. The first-order valence-corrected chi connectivity index (χ1v) is 7.28. The molecule has 1 fully saturated rings. The molecule has 0 radical (unpaired) electrons. The van der Waals surface area contributed by atoms with Crippen LogP contribution in [0.25, 0.3) is 0 Å². The van der Waals surface area contributed by atoms with Crippen molar-refractivity contribution in [3.8, 4) is 6.07 Å². The minimum absolute atomic E-state index is 0.148. The lowest BCUT2D eigenvalue weighted by Gasteiger charge is -2.35. The van der Waals surface area contributed by atoms with E-state index in [1.807, 2.05) is 13.0 Å². The van der Waals surface area contributed by atoms with Gasteiger partial charge in [-0.05, 0) is 44.4 Å². The van der Waals surface area contributed by atoms with Crippen LogP contribution in [0.3, 0.4) is 0 Å². The molecule has 7 heteroatoms. The molecular weight excluding hydrogens is 317 g/mol. The standard InChI is InChI=1S/C15H16ClF3N2O/c1-8-3-5-12(14(22)15(17,18)19)21(8)11-6-4-10(7-20)13(16)9(11)2/h4,6,8,12,14,22H,3,5H2,1-2H3. The van der Waals surface area contributed by atoms with Gasteiger partial charge in [-0.3, -0.25) is 0 Å². The van der Waals surface area contributed by atoms with Crippen LogP contribution in [0.5, 0.6) is 0 Å². The first-order chi connectivity index (χ1) is 10.2. The Balaban J connectivity index is 2.45. The maximum atomic E-state index is 12.9. The highest BCUT2D eigenvalue weighted by Gasteiger charge is 2.49. The van der Waals surface area contributed by atoms with Crippen molar-refractivity contribution >= 4 is 17.3 Å². The molecule has 0 bridgehead atoms. The van der Waals surface area contributed by atoms with Crippen molar-refractivity contribution in [2.45, 2.75) is 51.1 Å². The van der Waals surface area contributed by atoms with Crippen LogP contribution < -0.4 is 4.90 Å². The zero-order valence-electron chi connectivity index (χ0n) is 12.2. The fraction of sp³-hybridized carbons (Fsp3) is 0.533. The molecule has 1 N–H and O–H groups in total. The van der Waals surface area contributed by atoms with Crippen LogP contribution in [0, 0.1) is 18.3 Å². The highest BCUT2D eigenvalue weighted by Crippen LogP contribution is 2.40. The summed E-state index contributed by atoms with van der Waals surface area (Å²) in [5.41, 5.74) is 1.36. The quantitative estimate of drug-likeness (QED) is 0.896. The third kappa shape index (κ3) is 2.88. The number of benzene rings is 1. The number of alkyl halides is 3. The van der Waals surface area contributed by atoms with E-state index in [0.717, 1.165) is 0 Å². The molecule has 120 valence electrons. The number of anilines is 1. The van der Waals surface area contributed by atoms with Gasteiger partial charge in [0.1, 0.15) is 6.07 Å². The number of rotatable bonds is 2. The van der Waals surface area contributed by atoms with E-state index < -0.39 is 18.3 Å². The largest absolute Gasteiger partial charge is 0.416 e. The van der Waals surface area contributed by atoms with Gasteiger partial charge in [0.05, 0.1) is 16.6 Å². The number of aliphatic hydroxyl groups is 1. The van der Waals surface area contributed by atoms with Gasteiger partial charge in [0.2, 0.25) is 0 Å². The predicted octanol–water partition coefficient (Wildman–Crippen LogP) is 3.80. The Bertz CT molecular complexity index is 612. The highest BCUT2D eigenvalue weighted by atomic mass is 35.5. The minimum atomic E-state index is -4.67. The molecule has 1 aromatic carbocycles. The summed E-state index contributed by atoms with van der Waals surface area (Å²) in [7, 11) is 0. The van der Waals surface area contributed by atoms with E-state index in [-0.39, 0.29) is 23.0 Å². The molecule has 0 saturated carbocycles. The third-order valence-corrected chi connectivity index (χ3v) is 4.66. The van der Waals surface area contributed by atoms with Gasteiger partial charge < -0.3 is 10.0 Å². The van der Waals surface area contributed by atoms with Gasteiger partial charge in [-0.15, -0.1) is 0 Å². The maximum Gasteiger partial charge on any atom is 0.416 e. The van der Waals surface area contributed by atoms with Crippen molar-refractivity contribution in [3.63, 3.8) is 0 Å². The van der Waals surface area contributed by atoms with Crippen LogP contribution in [0.4, 0.5) is 18.9 Å². The van der Waals surface area contributed by atoms with Crippen LogP contribution in [-0.4, -0.2) is 29.5 Å². The van der Waals surface area contributed by atoms with Crippen LogP contribution in [0.1, 0.15) is 30.9 Å². The Morgan fingerprint density at radius 2 is 2.05 bits per heavy atom. The molecular formula is C15H16ClF3N2O. The number of halogens is 4. The average molecular weight is 333 g/mol. The van der Waals surface area contributed by atoms with Crippen molar-refractivity contribution < 1.29 is 18.3 Å². The molecule has 3 unspecified atom stereocenters.